The number of nitrogen functional groups attached to an aromatic ring is 1. The van der Waals surface area contributed by atoms with Crippen LogP contribution in [0.4, 0.5) is 11.4 Å². The van der Waals surface area contributed by atoms with Crippen LogP contribution >= 0.6 is 11.6 Å². The molecule has 82 valence electrons. The molecule has 0 spiro atoms. The van der Waals surface area contributed by atoms with Gasteiger partial charge in [0.1, 0.15) is 0 Å². The number of hydrogen-bond acceptors (Lipinski definition) is 3. The maximum absolute atomic E-state index is 10.9. The third kappa shape index (κ3) is 3.67. The first kappa shape index (κ1) is 11.7. The Hall–Kier alpha value is -1.42. The minimum Gasteiger partial charge on any atom is -0.397 e. The first-order valence-electron chi connectivity index (χ1n) is 4.63. The van der Waals surface area contributed by atoms with Crippen LogP contribution in [0.25, 0.3) is 0 Å². The van der Waals surface area contributed by atoms with Gasteiger partial charge in [0.15, 0.2) is 0 Å². The standard InChI is InChI=1S/C10H14ClN3O/c1-13-10(15)4-5-14-9-3-2-7(11)6-8(9)12/h2-3,6,14H,4-5,12H2,1H3,(H,13,15). The monoisotopic (exact) mass is 227 g/mol. The molecule has 1 aromatic carbocycles. The lowest BCUT2D eigenvalue weighted by molar-refractivity contribution is -0.120. The number of nitrogens with one attached hydrogen (secondary N) is 2. The molecule has 0 bridgehead atoms. The van der Waals surface area contributed by atoms with Crippen molar-refractivity contribution in [3.63, 3.8) is 0 Å². The summed E-state index contributed by atoms with van der Waals surface area (Å²) in [6.45, 7) is 0.547. The molecule has 0 aliphatic carbocycles. The zero-order valence-electron chi connectivity index (χ0n) is 8.51. The average molecular weight is 228 g/mol. The number of nitrogens with two attached hydrogens (primary N) is 1. The number of carbonyl (C=O) groups excluding carboxylic acids is 1. The van der Waals surface area contributed by atoms with Gasteiger partial charge in [-0.25, -0.2) is 0 Å². The average Bonchev–Trinajstić information content (AvgIpc) is 2.21. The molecule has 4 N–H and O–H groups in total. The van der Waals surface area contributed by atoms with E-state index in [1.807, 2.05) is 0 Å². The molecule has 1 aromatic rings. The fourth-order valence-electron chi connectivity index (χ4n) is 1.13. The zero-order chi connectivity index (χ0) is 11.3. The predicted octanol–water partition coefficient (Wildman–Crippen LogP) is 1.47. The molecule has 0 fully saturated rings. The van der Waals surface area contributed by atoms with Crippen LogP contribution in [0.2, 0.25) is 5.02 Å². The molecule has 1 amide bonds. The van der Waals surface area contributed by atoms with Gasteiger partial charge in [-0.3, -0.25) is 4.79 Å². The van der Waals surface area contributed by atoms with Crippen molar-refractivity contribution in [1.29, 1.82) is 0 Å². The number of carbonyl (C=O) groups is 1. The Morgan fingerprint density at radius 1 is 1.53 bits per heavy atom. The van der Waals surface area contributed by atoms with Gasteiger partial charge in [0, 0.05) is 25.0 Å². The molecule has 0 saturated carbocycles. The van der Waals surface area contributed by atoms with E-state index in [9.17, 15) is 4.79 Å². The summed E-state index contributed by atoms with van der Waals surface area (Å²) in [4.78, 5) is 10.9. The van der Waals surface area contributed by atoms with E-state index >= 15 is 0 Å². The lowest BCUT2D eigenvalue weighted by atomic mass is 10.2. The van der Waals surface area contributed by atoms with Crippen LogP contribution in [0.15, 0.2) is 18.2 Å². The normalized spacial score (nSPS) is 9.73. The molecule has 0 radical (unpaired) electrons. The Balaban J connectivity index is 2.47. The van der Waals surface area contributed by atoms with Crippen LogP contribution in [-0.4, -0.2) is 19.5 Å². The second-order valence-electron chi connectivity index (χ2n) is 3.08. The van der Waals surface area contributed by atoms with Crippen molar-refractivity contribution in [2.24, 2.45) is 0 Å². The topological polar surface area (TPSA) is 67.2 Å². The predicted molar refractivity (Wildman–Crippen MR) is 63.0 cm³/mol. The van der Waals surface area contributed by atoms with Crippen molar-refractivity contribution < 1.29 is 4.79 Å². The minimum absolute atomic E-state index is 0.00460. The Bertz CT molecular complexity index is 355. The van der Waals surface area contributed by atoms with Crippen molar-refractivity contribution in [3.05, 3.63) is 23.2 Å². The second kappa shape index (κ2) is 5.46. The van der Waals surface area contributed by atoms with Gasteiger partial charge < -0.3 is 16.4 Å². The zero-order valence-corrected chi connectivity index (χ0v) is 9.27. The Morgan fingerprint density at radius 2 is 2.27 bits per heavy atom. The van der Waals surface area contributed by atoms with Gasteiger partial charge >= 0.3 is 0 Å². The quantitative estimate of drug-likeness (QED) is 0.683. The van der Waals surface area contributed by atoms with E-state index < -0.39 is 0 Å². The molecule has 1 rings (SSSR count). The smallest absolute Gasteiger partial charge is 0.221 e. The van der Waals surface area contributed by atoms with Gasteiger partial charge in [-0.1, -0.05) is 11.6 Å². The van der Waals surface area contributed by atoms with Crippen molar-refractivity contribution in [1.82, 2.24) is 5.32 Å². The lowest BCUT2D eigenvalue weighted by Gasteiger charge is -2.08. The van der Waals surface area contributed by atoms with Gasteiger partial charge in [-0.15, -0.1) is 0 Å². The number of hydrogen-bond donors (Lipinski definition) is 3. The largest absolute Gasteiger partial charge is 0.397 e. The third-order valence-corrected chi connectivity index (χ3v) is 2.20. The van der Waals surface area contributed by atoms with E-state index in [0.717, 1.165) is 5.69 Å². The summed E-state index contributed by atoms with van der Waals surface area (Å²) < 4.78 is 0. The summed E-state index contributed by atoms with van der Waals surface area (Å²) in [5.41, 5.74) is 7.10. The molecule has 0 aromatic heterocycles. The highest BCUT2D eigenvalue weighted by atomic mass is 35.5. The molecule has 0 aliphatic rings. The Kier molecular flexibility index (Phi) is 4.24. The summed E-state index contributed by atoms with van der Waals surface area (Å²) in [6, 6.07) is 5.21. The Labute approximate surface area is 93.8 Å². The number of amides is 1. The van der Waals surface area contributed by atoms with Crippen molar-refractivity contribution in [2.75, 3.05) is 24.6 Å². The minimum atomic E-state index is -0.00460. The summed E-state index contributed by atoms with van der Waals surface area (Å²) in [5.74, 6) is -0.00460. The van der Waals surface area contributed by atoms with Gasteiger partial charge in [-0.05, 0) is 18.2 Å². The van der Waals surface area contributed by atoms with E-state index in [4.69, 9.17) is 17.3 Å². The molecular formula is C10H14ClN3O. The van der Waals surface area contributed by atoms with Crippen molar-refractivity contribution in [3.8, 4) is 0 Å². The number of rotatable bonds is 4. The summed E-state index contributed by atoms with van der Waals surface area (Å²) in [7, 11) is 1.61. The summed E-state index contributed by atoms with van der Waals surface area (Å²) >= 11 is 5.75. The van der Waals surface area contributed by atoms with E-state index in [1.54, 1.807) is 25.2 Å². The molecule has 0 saturated heterocycles. The highest BCUT2D eigenvalue weighted by Gasteiger charge is 2.01. The van der Waals surface area contributed by atoms with E-state index in [2.05, 4.69) is 10.6 Å². The molecule has 0 aliphatic heterocycles. The third-order valence-electron chi connectivity index (χ3n) is 1.96. The highest BCUT2D eigenvalue weighted by Crippen LogP contribution is 2.22. The van der Waals surface area contributed by atoms with Crippen LogP contribution in [-0.2, 0) is 4.79 Å². The summed E-state index contributed by atoms with van der Waals surface area (Å²) in [5, 5.41) is 6.21. The van der Waals surface area contributed by atoms with Crippen molar-refractivity contribution >= 4 is 28.9 Å². The number of benzene rings is 1. The van der Waals surface area contributed by atoms with E-state index in [-0.39, 0.29) is 5.91 Å². The molecule has 0 unspecified atom stereocenters. The van der Waals surface area contributed by atoms with Gasteiger partial charge in [0.25, 0.3) is 0 Å². The first-order chi connectivity index (χ1) is 7.13. The molecule has 15 heavy (non-hydrogen) atoms. The van der Waals surface area contributed by atoms with Crippen LogP contribution in [0.5, 0.6) is 0 Å². The lowest BCUT2D eigenvalue weighted by Crippen LogP contribution is -2.20. The van der Waals surface area contributed by atoms with Crippen LogP contribution < -0.4 is 16.4 Å². The Morgan fingerprint density at radius 3 is 2.87 bits per heavy atom. The van der Waals surface area contributed by atoms with Crippen LogP contribution in [0.3, 0.4) is 0 Å². The van der Waals surface area contributed by atoms with Gasteiger partial charge in [-0.2, -0.15) is 0 Å². The SMILES string of the molecule is CNC(=O)CCNc1ccc(Cl)cc1N. The van der Waals surface area contributed by atoms with Crippen molar-refractivity contribution in [2.45, 2.75) is 6.42 Å². The van der Waals surface area contributed by atoms with Crippen LogP contribution in [0, 0.1) is 0 Å². The molecule has 5 heteroatoms. The molecule has 0 atom stereocenters. The maximum Gasteiger partial charge on any atom is 0.221 e. The summed E-state index contributed by atoms with van der Waals surface area (Å²) in [6.07, 6.45) is 0.415. The van der Waals surface area contributed by atoms with Gasteiger partial charge in [0.05, 0.1) is 11.4 Å². The molecular weight excluding hydrogens is 214 g/mol. The first-order valence-corrected chi connectivity index (χ1v) is 5.00. The number of halogens is 1. The highest BCUT2D eigenvalue weighted by molar-refractivity contribution is 6.31. The van der Waals surface area contributed by atoms with Gasteiger partial charge in [0.2, 0.25) is 5.91 Å². The van der Waals surface area contributed by atoms with Crippen LogP contribution in [0.1, 0.15) is 6.42 Å². The molecule has 0 heterocycles. The second-order valence-corrected chi connectivity index (χ2v) is 3.52. The number of anilines is 2. The maximum atomic E-state index is 10.9. The van der Waals surface area contributed by atoms with E-state index in [1.165, 1.54) is 0 Å². The van der Waals surface area contributed by atoms with E-state index in [0.29, 0.717) is 23.7 Å². The fraction of sp³-hybridized carbons (Fsp3) is 0.300. The fourth-order valence-corrected chi connectivity index (χ4v) is 1.31. The molecule has 4 nitrogen and oxygen atoms in total.